The number of hydrogen-bond acceptors (Lipinski definition) is 16. The Balaban J connectivity index is 1.11. The van der Waals surface area contributed by atoms with Crippen LogP contribution in [0.15, 0.2) is 91.1 Å². The molecule has 5 rings (SSSR count). The van der Waals surface area contributed by atoms with Crippen LogP contribution in [0.3, 0.4) is 0 Å². The maximum atomic E-state index is 14.3. The number of primary amides is 1. The van der Waals surface area contributed by atoms with Crippen molar-refractivity contribution < 1.29 is 78.0 Å². The minimum absolute atomic E-state index is 0.00414. The fourth-order valence-corrected chi connectivity index (χ4v) is 10.1. The van der Waals surface area contributed by atoms with Gasteiger partial charge in [0.2, 0.25) is 35.4 Å². The lowest BCUT2D eigenvalue weighted by molar-refractivity contribution is -0.143. The number of aliphatic carboxylic acids is 4. The number of rotatable bonds is 43. The number of hydrogen-bond donors (Lipinski definition) is 12. The number of para-hydroxylation sites is 1. The SMILES string of the molecule is CCCC[C@H](NC(=O)[C@H](Cc1c[nH]c2ccccc12)NC(=O)CCCCCNC(=O)CCCCCNC(=O)c1cc(CN(CC(=O)O)CC(=O)O)nc(-c2cccc(CN(CC(C)=O)CC(=O)O)n2)c1)C(=O)N[C@@H](CC(=O)O)C(=O)N[C@@H](Cc1ccccc1)C(N)=O. The van der Waals surface area contributed by atoms with Crippen molar-refractivity contribution in [2.24, 2.45) is 5.73 Å². The number of aromatic amines is 1. The molecule has 3 aromatic heterocycles. The quantitative estimate of drug-likeness (QED) is 0.0250. The Morgan fingerprint density at radius 2 is 1.12 bits per heavy atom. The number of unbranched alkanes of at least 4 members (excludes halogenated alkanes) is 5. The molecule has 0 aliphatic heterocycles. The van der Waals surface area contributed by atoms with Gasteiger partial charge in [0, 0.05) is 74.5 Å². The molecule has 28 heteroatoms. The van der Waals surface area contributed by atoms with E-state index in [9.17, 15) is 78.0 Å². The summed E-state index contributed by atoms with van der Waals surface area (Å²) in [6.07, 6.45) is 5.35. The molecule has 5 aromatic rings. The van der Waals surface area contributed by atoms with Crippen LogP contribution in [0.5, 0.6) is 0 Å². The van der Waals surface area contributed by atoms with Gasteiger partial charge < -0.3 is 63.0 Å². The Labute approximate surface area is 531 Å². The highest BCUT2D eigenvalue weighted by molar-refractivity contribution is 5.97. The molecule has 0 bridgehead atoms. The van der Waals surface area contributed by atoms with E-state index >= 15 is 0 Å². The first-order chi connectivity index (χ1) is 44.0. The van der Waals surface area contributed by atoms with Crippen molar-refractivity contribution in [3.05, 3.63) is 119 Å². The van der Waals surface area contributed by atoms with Gasteiger partial charge in [-0.15, -0.1) is 0 Å². The van der Waals surface area contributed by atoms with Gasteiger partial charge in [-0.3, -0.25) is 67.3 Å². The summed E-state index contributed by atoms with van der Waals surface area (Å²) in [5.74, 6) is -9.95. The number of benzene rings is 2. The highest BCUT2D eigenvalue weighted by Gasteiger charge is 2.33. The molecule has 0 fully saturated rings. The molecule has 92 heavy (non-hydrogen) atoms. The summed E-state index contributed by atoms with van der Waals surface area (Å²) >= 11 is 0. The molecule has 0 unspecified atom stereocenters. The van der Waals surface area contributed by atoms with Crippen LogP contribution in [-0.4, -0.2) is 180 Å². The van der Waals surface area contributed by atoms with Crippen LogP contribution >= 0.6 is 0 Å². The van der Waals surface area contributed by atoms with Gasteiger partial charge in [0.05, 0.1) is 55.4 Å². The van der Waals surface area contributed by atoms with E-state index in [1.165, 1.54) is 24.0 Å². The first-order valence-electron chi connectivity index (χ1n) is 30.4. The Bertz CT molecular complexity index is 3350. The second kappa shape index (κ2) is 37.9. The number of pyridine rings is 2. The summed E-state index contributed by atoms with van der Waals surface area (Å²) in [5, 5.41) is 55.0. The number of Topliss-reactive ketones (excluding diaryl/α,β-unsaturated/α-hetero) is 1. The molecular weight excluding hydrogens is 1190 g/mol. The number of nitrogens with zero attached hydrogens (tertiary/aromatic N) is 4. The van der Waals surface area contributed by atoms with E-state index in [0.29, 0.717) is 74.7 Å². The molecule has 494 valence electrons. The summed E-state index contributed by atoms with van der Waals surface area (Å²) in [6, 6.07) is 18.5. The Kier molecular flexibility index (Phi) is 30.0. The lowest BCUT2D eigenvalue weighted by Crippen LogP contribution is -2.58. The van der Waals surface area contributed by atoms with E-state index in [0.717, 1.165) is 15.8 Å². The number of aromatic nitrogens is 3. The first kappa shape index (κ1) is 72.8. The van der Waals surface area contributed by atoms with Gasteiger partial charge in [0.25, 0.3) is 5.91 Å². The van der Waals surface area contributed by atoms with Crippen LogP contribution in [0.4, 0.5) is 0 Å². The van der Waals surface area contributed by atoms with Crippen molar-refractivity contribution in [1.82, 2.24) is 56.7 Å². The lowest BCUT2D eigenvalue weighted by atomic mass is 10.0. The number of amides is 7. The zero-order chi connectivity index (χ0) is 67.1. The second-order valence-electron chi connectivity index (χ2n) is 22.3. The second-order valence-corrected chi connectivity index (χ2v) is 22.3. The van der Waals surface area contributed by atoms with E-state index in [-0.39, 0.29) is 92.6 Å². The third-order valence-electron chi connectivity index (χ3n) is 14.5. The molecule has 7 amide bonds. The van der Waals surface area contributed by atoms with E-state index in [2.05, 4.69) is 46.9 Å². The maximum Gasteiger partial charge on any atom is 0.317 e. The molecular formula is C64H82N12O16. The molecule has 4 atom stereocenters. The highest BCUT2D eigenvalue weighted by Crippen LogP contribution is 2.22. The van der Waals surface area contributed by atoms with Crippen molar-refractivity contribution in [2.45, 2.75) is 141 Å². The zero-order valence-corrected chi connectivity index (χ0v) is 51.6. The average Bonchev–Trinajstić information content (AvgIpc) is 1.34. The summed E-state index contributed by atoms with van der Waals surface area (Å²) in [4.78, 5) is 167. The van der Waals surface area contributed by atoms with Crippen LogP contribution in [-0.2, 0) is 78.7 Å². The third-order valence-corrected chi connectivity index (χ3v) is 14.5. The standard InChI is InChI=1S/C64H82N12O16/c1-3-4-21-49(62(90)74-53(32-56(80)81)64(92)73-51(60(65)88)28-41-17-8-5-9-18-41)72-63(91)52(31-43-33-68-47-22-13-12-20-46(43)47)71-55(79)25-11-7-14-26-66-54(78)24-10-6-15-27-67-61(89)42-29-45(36-76(38-58(84)85)39-59(86)87)70-50(30-42)48-23-16-19-44(69-48)35-75(34-40(2)77)37-57(82)83/h5,8-9,12-13,16-20,22-23,29-30,33,49,51-53,68H,3-4,6-7,10-11,14-15,21,24-28,31-32,34-39H2,1-2H3,(H2,65,88)(H,66,78)(H,67,89)(H,71,79)(H,72,91)(H,73,92)(H,74,90)(H,80,81)(H,82,83)(H,84,85)(H,86,87)/t49-,51-,52-,53-/m0/s1. The molecule has 0 aliphatic carbocycles. The summed E-state index contributed by atoms with van der Waals surface area (Å²) in [6.45, 7) is 1.65. The molecule has 0 spiro atoms. The van der Waals surface area contributed by atoms with Crippen molar-refractivity contribution in [1.29, 1.82) is 0 Å². The van der Waals surface area contributed by atoms with Gasteiger partial charge in [-0.05, 0) is 80.5 Å². The van der Waals surface area contributed by atoms with Gasteiger partial charge in [-0.1, -0.05) is 87.2 Å². The third kappa shape index (κ3) is 26.2. The van der Waals surface area contributed by atoms with Crippen molar-refractivity contribution in [3.63, 3.8) is 0 Å². The molecule has 0 aliphatic rings. The molecule has 28 nitrogen and oxygen atoms in total. The number of nitrogens with one attached hydrogen (secondary N) is 7. The largest absolute Gasteiger partial charge is 0.481 e. The van der Waals surface area contributed by atoms with Gasteiger partial charge in [-0.25, -0.2) is 9.97 Å². The van der Waals surface area contributed by atoms with Crippen LogP contribution in [0, 0.1) is 0 Å². The Morgan fingerprint density at radius 3 is 1.76 bits per heavy atom. The van der Waals surface area contributed by atoms with Gasteiger partial charge >= 0.3 is 23.9 Å². The van der Waals surface area contributed by atoms with E-state index in [1.807, 2.05) is 31.2 Å². The van der Waals surface area contributed by atoms with Gasteiger partial charge in [0.15, 0.2) is 0 Å². The molecule has 0 saturated heterocycles. The highest BCUT2D eigenvalue weighted by atomic mass is 16.4. The van der Waals surface area contributed by atoms with E-state index < -0.39 is 110 Å². The number of carboxylic acid groups (broad SMARTS) is 4. The summed E-state index contributed by atoms with van der Waals surface area (Å²) in [7, 11) is 0. The fourth-order valence-electron chi connectivity index (χ4n) is 10.1. The van der Waals surface area contributed by atoms with Crippen LogP contribution in [0.1, 0.15) is 124 Å². The van der Waals surface area contributed by atoms with E-state index in [1.54, 1.807) is 54.7 Å². The van der Waals surface area contributed by atoms with Gasteiger partial charge in [-0.2, -0.15) is 0 Å². The van der Waals surface area contributed by atoms with Gasteiger partial charge in [0.1, 0.15) is 30.0 Å². The lowest BCUT2D eigenvalue weighted by Gasteiger charge is -2.26. The normalized spacial score (nSPS) is 12.4. The monoisotopic (exact) mass is 1270 g/mol. The number of fused-ring (bicyclic) bond motifs is 1. The van der Waals surface area contributed by atoms with E-state index in [4.69, 9.17) is 5.73 Å². The average molecular weight is 1280 g/mol. The fraction of sp³-hybridized carbons (Fsp3) is 0.438. The smallest absolute Gasteiger partial charge is 0.317 e. The number of ketones is 1. The predicted octanol–water partition coefficient (Wildman–Crippen LogP) is 2.61. The molecule has 2 aromatic carbocycles. The van der Waals surface area contributed by atoms with Crippen LogP contribution < -0.4 is 37.6 Å². The Morgan fingerprint density at radius 1 is 0.543 bits per heavy atom. The number of carbonyl (C=O) groups excluding carboxylic acids is 8. The number of H-pyrrole nitrogens is 1. The molecule has 0 radical (unpaired) electrons. The summed E-state index contributed by atoms with van der Waals surface area (Å²) in [5.41, 5.74) is 8.90. The molecule has 3 heterocycles. The van der Waals surface area contributed by atoms with Crippen LogP contribution in [0.2, 0.25) is 0 Å². The minimum atomic E-state index is -1.66. The van der Waals surface area contributed by atoms with Crippen molar-refractivity contribution >= 4 is 81.9 Å². The topological polar surface area (TPSA) is 432 Å². The predicted molar refractivity (Wildman–Crippen MR) is 335 cm³/mol. The zero-order valence-electron chi connectivity index (χ0n) is 51.6. The van der Waals surface area contributed by atoms with Crippen LogP contribution in [0.25, 0.3) is 22.3 Å². The molecule has 13 N–H and O–H groups in total. The minimum Gasteiger partial charge on any atom is -0.481 e. The number of carboxylic acids is 4. The van der Waals surface area contributed by atoms with Crippen molar-refractivity contribution in [3.8, 4) is 11.4 Å². The number of nitrogens with two attached hydrogens (primary N) is 1. The summed E-state index contributed by atoms with van der Waals surface area (Å²) < 4.78 is 0. The van der Waals surface area contributed by atoms with Crippen molar-refractivity contribution in [2.75, 3.05) is 39.3 Å². The maximum absolute atomic E-state index is 14.3. The molecule has 0 saturated carbocycles. The Hall–Kier alpha value is -9.96. The number of carbonyl (C=O) groups is 12. The first-order valence-corrected chi connectivity index (χ1v) is 30.4.